The summed E-state index contributed by atoms with van der Waals surface area (Å²) >= 11 is 0. The Balaban J connectivity index is 1.93. The molecule has 0 amide bonds. The Morgan fingerprint density at radius 2 is 1.67 bits per heavy atom. The van der Waals surface area contributed by atoms with Crippen LogP contribution in [0.25, 0.3) is 5.57 Å². The highest BCUT2D eigenvalue weighted by molar-refractivity contribution is 8.37. The second-order valence-electron chi connectivity index (χ2n) is 7.33. The summed E-state index contributed by atoms with van der Waals surface area (Å²) in [4.78, 5) is 4.31. The summed E-state index contributed by atoms with van der Waals surface area (Å²) in [5.74, 6) is 0. The van der Waals surface area contributed by atoms with Crippen molar-refractivity contribution in [3.05, 3.63) is 107 Å². The van der Waals surface area contributed by atoms with E-state index in [2.05, 4.69) is 62.2 Å². The van der Waals surface area contributed by atoms with Crippen molar-refractivity contribution in [2.24, 2.45) is 0 Å². The van der Waals surface area contributed by atoms with Crippen molar-refractivity contribution in [1.29, 1.82) is 0 Å². The molecule has 0 spiro atoms. The fourth-order valence-electron chi connectivity index (χ4n) is 3.81. The smallest absolute Gasteiger partial charge is 0.104 e. The van der Waals surface area contributed by atoms with Crippen molar-refractivity contribution in [2.75, 3.05) is 0 Å². The van der Waals surface area contributed by atoms with Crippen LogP contribution in [0, 0.1) is 0 Å². The monoisotopic (exact) mass is 376 g/mol. The minimum atomic E-state index is -1.68. The van der Waals surface area contributed by atoms with E-state index >= 15 is 0 Å². The summed E-state index contributed by atoms with van der Waals surface area (Å²) in [5.41, 5.74) is 2.59. The second-order valence-corrected chi connectivity index (χ2v) is 10.2. The molecule has 1 aliphatic heterocycles. The molecule has 0 saturated carbocycles. The number of allylic oxidation sites excluding steroid dienone is 2. The summed E-state index contributed by atoms with van der Waals surface area (Å²) < 4.78 is 2.18. The first-order valence-electron chi connectivity index (χ1n) is 9.04. The zero-order chi connectivity index (χ0) is 18.9. The van der Waals surface area contributed by atoms with Gasteiger partial charge in [-0.1, -0.05) is 60.7 Å². The number of rotatable bonds is 5. The van der Waals surface area contributed by atoms with E-state index < -0.39 is 15.8 Å². The summed E-state index contributed by atoms with van der Waals surface area (Å²) in [6.45, 7) is 3.80. The standard InChI is InChI=1S/C23H24N2OS/c1-23(2,26)22(20-11-7-4-8-12-20)27(25-15-14-24-18-25)16-13-21(17-27)19-9-5-3-6-10-19/h3-18,22,26H,1-2H3. The molecule has 2 atom stereocenters. The van der Waals surface area contributed by atoms with Crippen molar-refractivity contribution in [3.8, 4) is 0 Å². The number of hydrogen-bond donors (Lipinski definition) is 1. The van der Waals surface area contributed by atoms with Gasteiger partial charge in [0.2, 0.25) is 0 Å². The van der Waals surface area contributed by atoms with Gasteiger partial charge in [0.15, 0.2) is 0 Å². The maximum atomic E-state index is 11.2. The molecule has 2 aromatic carbocycles. The van der Waals surface area contributed by atoms with Crippen molar-refractivity contribution in [2.45, 2.75) is 24.7 Å². The molecule has 4 rings (SSSR count). The van der Waals surface area contributed by atoms with Gasteiger partial charge in [-0.25, -0.2) is 4.98 Å². The van der Waals surface area contributed by atoms with Crippen molar-refractivity contribution < 1.29 is 5.11 Å². The molecular formula is C23H24N2OS. The highest BCUT2D eigenvalue weighted by atomic mass is 32.3. The number of benzene rings is 2. The molecule has 0 saturated heterocycles. The van der Waals surface area contributed by atoms with Gasteiger partial charge >= 0.3 is 0 Å². The molecule has 2 unspecified atom stereocenters. The molecule has 138 valence electrons. The maximum Gasteiger partial charge on any atom is 0.104 e. The molecule has 0 fully saturated rings. The van der Waals surface area contributed by atoms with Crippen LogP contribution in [0.2, 0.25) is 0 Å². The molecule has 0 bridgehead atoms. The fraction of sp³-hybridized carbons (Fsp3) is 0.174. The third-order valence-electron chi connectivity index (χ3n) is 4.86. The number of aliphatic hydroxyl groups is 1. The van der Waals surface area contributed by atoms with Gasteiger partial charge in [0.1, 0.15) is 6.33 Å². The van der Waals surface area contributed by atoms with Crippen LogP contribution in [-0.4, -0.2) is 19.7 Å². The van der Waals surface area contributed by atoms with Crippen LogP contribution >= 0.6 is 10.2 Å². The zero-order valence-corrected chi connectivity index (χ0v) is 16.4. The van der Waals surface area contributed by atoms with E-state index in [0.29, 0.717) is 0 Å². The lowest BCUT2D eigenvalue weighted by Gasteiger charge is -2.47. The fourth-order valence-corrected chi connectivity index (χ4v) is 7.67. The van der Waals surface area contributed by atoms with Crippen LogP contribution in [0.1, 0.15) is 30.2 Å². The second kappa shape index (κ2) is 6.87. The van der Waals surface area contributed by atoms with E-state index in [9.17, 15) is 5.11 Å². The molecule has 1 aromatic heterocycles. The van der Waals surface area contributed by atoms with Gasteiger partial charge in [0.05, 0.1) is 10.9 Å². The lowest BCUT2D eigenvalue weighted by molar-refractivity contribution is 0.0765. The quantitative estimate of drug-likeness (QED) is 0.636. The van der Waals surface area contributed by atoms with E-state index in [4.69, 9.17) is 0 Å². The van der Waals surface area contributed by atoms with E-state index in [-0.39, 0.29) is 5.25 Å². The molecule has 2 heterocycles. The van der Waals surface area contributed by atoms with Gasteiger partial charge in [0.25, 0.3) is 0 Å². The summed E-state index contributed by atoms with van der Waals surface area (Å²) in [6.07, 6.45) is 7.87. The third-order valence-corrected chi connectivity index (χ3v) is 8.61. The normalized spacial score (nSPS) is 22.9. The van der Waals surface area contributed by atoms with E-state index in [1.54, 1.807) is 0 Å². The molecule has 27 heavy (non-hydrogen) atoms. The van der Waals surface area contributed by atoms with Gasteiger partial charge in [0, 0.05) is 12.4 Å². The predicted octanol–water partition coefficient (Wildman–Crippen LogP) is 5.53. The Hall–Kier alpha value is -2.56. The molecule has 0 aliphatic carbocycles. The Kier molecular flexibility index (Phi) is 4.54. The van der Waals surface area contributed by atoms with Crippen LogP contribution < -0.4 is 0 Å². The summed E-state index contributed by atoms with van der Waals surface area (Å²) in [6, 6.07) is 20.7. The van der Waals surface area contributed by atoms with Crippen molar-refractivity contribution >= 4 is 15.8 Å². The van der Waals surface area contributed by atoms with Crippen LogP contribution in [0.5, 0.6) is 0 Å². The van der Waals surface area contributed by atoms with Gasteiger partial charge < -0.3 is 5.11 Å². The third kappa shape index (κ3) is 3.27. The van der Waals surface area contributed by atoms with Crippen molar-refractivity contribution in [3.63, 3.8) is 0 Å². The van der Waals surface area contributed by atoms with E-state index in [0.717, 1.165) is 5.56 Å². The number of nitrogens with zero attached hydrogens (tertiary/aromatic N) is 2. The number of aromatic nitrogens is 2. The average molecular weight is 377 g/mol. The maximum absolute atomic E-state index is 11.2. The zero-order valence-electron chi connectivity index (χ0n) is 15.6. The molecule has 1 aliphatic rings. The van der Waals surface area contributed by atoms with Crippen LogP contribution in [-0.2, 0) is 0 Å². The summed E-state index contributed by atoms with van der Waals surface area (Å²) in [5, 5.41) is 15.7. The Bertz CT molecular complexity index is 957. The number of imidazole rings is 1. The molecule has 4 heteroatoms. The van der Waals surface area contributed by atoms with E-state index in [1.807, 2.05) is 56.8 Å². The molecule has 1 N–H and O–H groups in total. The highest BCUT2D eigenvalue weighted by Gasteiger charge is 2.43. The minimum Gasteiger partial charge on any atom is -0.389 e. The Morgan fingerprint density at radius 1 is 1.00 bits per heavy atom. The van der Waals surface area contributed by atoms with Gasteiger partial charge in [-0.05, 0) is 47.4 Å². The predicted molar refractivity (Wildman–Crippen MR) is 114 cm³/mol. The lowest BCUT2D eigenvalue weighted by atomic mass is 9.98. The van der Waals surface area contributed by atoms with Crippen LogP contribution in [0.15, 0.2) is 96.3 Å². The molecular weight excluding hydrogens is 352 g/mol. The van der Waals surface area contributed by atoms with Gasteiger partial charge in [-0.3, -0.25) is 3.97 Å². The Morgan fingerprint density at radius 3 is 2.26 bits per heavy atom. The molecule has 3 nitrogen and oxygen atoms in total. The first kappa shape index (κ1) is 17.8. The topological polar surface area (TPSA) is 38.0 Å². The summed E-state index contributed by atoms with van der Waals surface area (Å²) in [7, 11) is -1.68. The SMILES string of the molecule is CC(C)(O)C(c1ccccc1)S1(n2ccnc2)C=CC(c2ccccc2)=C1. The molecule has 3 aromatic rings. The lowest BCUT2D eigenvalue weighted by Crippen LogP contribution is -2.33. The van der Waals surface area contributed by atoms with Crippen molar-refractivity contribution in [1.82, 2.24) is 8.96 Å². The molecule has 0 radical (unpaired) electrons. The van der Waals surface area contributed by atoms with Crippen LogP contribution in [0.3, 0.4) is 0 Å². The first-order chi connectivity index (χ1) is 13.0. The largest absolute Gasteiger partial charge is 0.389 e. The van der Waals surface area contributed by atoms with Gasteiger partial charge in [-0.15, -0.1) is 10.2 Å². The Labute approximate surface area is 162 Å². The highest BCUT2D eigenvalue weighted by Crippen LogP contribution is 2.70. The number of hydrogen-bond acceptors (Lipinski definition) is 2. The van der Waals surface area contributed by atoms with Gasteiger partial charge in [-0.2, -0.15) is 0 Å². The van der Waals surface area contributed by atoms with Crippen LogP contribution in [0.4, 0.5) is 0 Å². The minimum absolute atomic E-state index is 0.0992. The first-order valence-corrected chi connectivity index (χ1v) is 10.8. The van der Waals surface area contributed by atoms with E-state index in [1.165, 1.54) is 11.1 Å². The average Bonchev–Trinajstić information content (AvgIpc) is 3.33.